The number of hydrogen-bond donors (Lipinski definition) is 2. The van der Waals surface area contributed by atoms with E-state index in [1.54, 1.807) is 6.92 Å². The summed E-state index contributed by atoms with van der Waals surface area (Å²) in [5.41, 5.74) is 0. The Kier molecular flexibility index (Phi) is 4.85. The van der Waals surface area contributed by atoms with Crippen molar-refractivity contribution >= 4 is 23.8 Å². The first kappa shape index (κ1) is 14.9. The summed E-state index contributed by atoms with van der Waals surface area (Å²) in [6, 6.07) is -1.55. The summed E-state index contributed by atoms with van der Waals surface area (Å²) < 4.78 is 0. The highest BCUT2D eigenvalue weighted by Gasteiger charge is 2.35. The number of imide groups is 1. The molecule has 1 aliphatic heterocycles. The summed E-state index contributed by atoms with van der Waals surface area (Å²) in [6.07, 6.45) is 0.893. The monoisotopic (exact) mass is 271 g/mol. The van der Waals surface area contributed by atoms with Crippen molar-refractivity contribution in [1.29, 1.82) is 0 Å². The molecule has 1 atom stereocenters. The van der Waals surface area contributed by atoms with Crippen LogP contribution in [0.5, 0.6) is 0 Å². The van der Waals surface area contributed by atoms with Crippen LogP contribution in [0.3, 0.4) is 0 Å². The second-order valence-corrected chi connectivity index (χ2v) is 4.37. The van der Waals surface area contributed by atoms with E-state index >= 15 is 0 Å². The van der Waals surface area contributed by atoms with Crippen molar-refractivity contribution in [2.24, 2.45) is 0 Å². The molecule has 0 unspecified atom stereocenters. The molecule has 0 bridgehead atoms. The molecule has 0 saturated carbocycles. The molecule has 2 N–H and O–H groups in total. The van der Waals surface area contributed by atoms with Crippen molar-refractivity contribution < 1.29 is 24.3 Å². The predicted octanol–water partition coefficient (Wildman–Crippen LogP) is -0.750. The molecule has 19 heavy (non-hydrogen) atoms. The number of hydrogen-bond acceptors (Lipinski definition) is 4. The topological polar surface area (TPSA) is 107 Å². The maximum Gasteiger partial charge on any atom is 0.327 e. The standard InChI is InChI=1S/C11H17N3O5/c1-3-4-7(10(17)18)12-8(15)5-14-9(16)6-13(2)11(14)19/h7H,3-6H2,1-2H3,(H,12,15)(H,17,18)/t7-/m1/s1. The van der Waals surface area contributed by atoms with Gasteiger partial charge in [-0.3, -0.25) is 14.5 Å². The number of likely N-dealkylation sites (N-methyl/N-ethyl adjacent to an activating group) is 1. The zero-order valence-corrected chi connectivity index (χ0v) is 10.9. The fourth-order valence-corrected chi connectivity index (χ4v) is 1.75. The molecule has 0 aromatic carbocycles. The Morgan fingerprint density at radius 3 is 2.47 bits per heavy atom. The van der Waals surface area contributed by atoms with Gasteiger partial charge in [-0.15, -0.1) is 0 Å². The number of carbonyl (C=O) groups excluding carboxylic acids is 3. The van der Waals surface area contributed by atoms with Crippen LogP contribution in [0.1, 0.15) is 19.8 Å². The van der Waals surface area contributed by atoms with Gasteiger partial charge in [-0.1, -0.05) is 13.3 Å². The first-order chi connectivity index (χ1) is 8.86. The van der Waals surface area contributed by atoms with Crippen LogP contribution < -0.4 is 5.32 Å². The van der Waals surface area contributed by atoms with Gasteiger partial charge in [0.25, 0.3) is 5.91 Å². The molecule has 0 aromatic heterocycles. The van der Waals surface area contributed by atoms with Crippen molar-refractivity contribution in [2.75, 3.05) is 20.1 Å². The average molecular weight is 271 g/mol. The lowest BCUT2D eigenvalue weighted by Gasteiger charge is -2.17. The number of carboxylic acids is 1. The molecule has 1 aliphatic rings. The summed E-state index contributed by atoms with van der Waals surface area (Å²) in [4.78, 5) is 47.5. The Balaban J connectivity index is 2.57. The SMILES string of the molecule is CCC[C@@H](NC(=O)CN1C(=O)CN(C)C1=O)C(=O)O. The van der Waals surface area contributed by atoms with E-state index < -0.39 is 36.4 Å². The third-order valence-corrected chi connectivity index (χ3v) is 2.74. The van der Waals surface area contributed by atoms with Crippen molar-refractivity contribution in [1.82, 2.24) is 15.1 Å². The second-order valence-electron chi connectivity index (χ2n) is 4.37. The molecule has 1 heterocycles. The minimum absolute atomic E-state index is 0.0660. The van der Waals surface area contributed by atoms with Gasteiger partial charge in [0.05, 0.1) is 0 Å². The van der Waals surface area contributed by atoms with Crippen molar-refractivity contribution in [3.05, 3.63) is 0 Å². The molecule has 8 heteroatoms. The Hall–Kier alpha value is -2.12. The van der Waals surface area contributed by atoms with Gasteiger partial charge in [0.2, 0.25) is 5.91 Å². The quantitative estimate of drug-likeness (QED) is 0.618. The fraction of sp³-hybridized carbons (Fsp3) is 0.636. The molecule has 1 rings (SSSR count). The van der Waals surface area contributed by atoms with Crippen LogP contribution in [-0.4, -0.2) is 64.9 Å². The normalized spacial score (nSPS) is 16.7. The van der Waals surface area contributed by atoms with E-state index in [1.807, 2.05) is 0 Å². The third-order valence-electron chi connectivity index (χ3n) is 2.74. The lowest BCUT2D eigenvalue weighted by molar-refractivity contribution is -0.142. The molecule has 8 nitrogen and oxygen atoms in total. The first-order valence-electron chi connectivity index (χ1n) is 5.94. The van der Waals surface area contributed by atoms with Crippen LogP contribution in [0, 0.1) is 0 Å². The summed E-state index contributed by atoms with van der Waals surface area (Å²) in [6.45, 7) is 1.28. The number of aliphatic carboxylic acids is 1. The lowest BCUT2D eigenvalue weighted by atomic mass is 10.1. The van der Waals surface area contributed by atoms with Crippen LogP contribution in [-0.2, 0) is 14.4 Å². The Labute approximate surface area is 110 Å². The van der Waals surface area contributed by atoms with Gasteiger partial charge >= 0.3 is 12.0 Å². The summed E-state index contributed by atoms with van der Waals surface area (Å²) in [5.74, 6) is -2.26. The Bertz CT molecular complexity index is 409. The highest BCUT2D eigenvalue weighted by Crippen LogP contribution is 2.07. The van der Waals surface area contributed by atoms with Gasteiger partial charge in [-0.2, -0.15) is 0 Å². The zero-order chi connectivity index (χ0) is 14.6. The lowest BCUT2D eigenvalue weighted by Crippen LogP contribution is -2.47. The maximum atomic E-state index is 11.6. The van der Waals surface area contributed by atoms with Crippen LogP contribution in [0.25, 0.3) is 0 Å². The van der Waals surface area contributed by atoms with Crippen molar-refractivity contribution in [2.45, 2.75) is 25.8 Å². The maximum absolute atomic E-state index is 11.6. The fourth-order valence-electron chi connectivity index (χ4n) is 1.75. The van der Waals surface area contributed by atoms with Crippen molar-refractivity contribution in [3.63, 3.8) is 0 Å². The largest absolute Gasteiger partial charge is 0.480 e. The van der Waals surface area contributed by atoms with Gasteiger partial charge in [0, 0.05) is 7.05 Å². The number of nitrogens with zero attached hydrogens (tertiary/aromatic N) is 2. The van der Waals surface area contributed by atoms with E-state index in [9.17, 15) is 19.2 Å². The average Bonchev–Trinajstić information content (AvgIpc) is 2.55. The molecular weight excluding hydrogens is 254 g/mol. The predicted molar refractivity (Wildman–Crippen MR) is 64.2 cm³/mol. The van der Waals surface area contributed by atoms with Crippen LogP contribution >= 0.6 is 0 Å². The third kappa shape index (κ3) is 3.67. The second kappa shape index (κ2) is 6.17. The van der Waals surface area contributed by atoms with Gasteiger partial charge in [0.15, 0.2) is 0 Å². The van der Waals surface area contributed by atoms with Gasteiger partial charge in [-0.25, -0.2) is 9.59 Å². The van der Waals surface area contributed by atoms with E-state index in [0.717, 1.165) is 4.90 Å². The summed E-state index contributed by atoms with van der Waals surface area (Å²) in [5, 5.41) is 11.2. The minimum atomic E-state index is -1.13. The smallest absolute Gasteiger partial charge is 0.327 e. The molecule has 106 valence electrons. The van der Waals surface area contributed by atoms with Gasteiger partial charge in [-0.05, 0) is 6.42 Å². The Morgan fingerprint density at radius 1 is 1.42 bits per heavy atom. The number of amides is 4. The summed E-state index contributed by atoms with van der Waals surface area (Å²) in [7, 11) is 1.45. The highest BCUT2D eigenvalue weighted by molar-refractivity contribution is 6.04. The van der Waals surface area contributed by atoms with Crippen LogP contribution in [0.2, 0.25) is 0 Å². The minimum Gasteiger partial charge on any atom is -0.480 e. The number of carboxylic acid groups (broad SMARTS) is 1. The number of nitrogens with one attached hydrogen (secondary N) is 1. The van der Waals surface area contributed by atoms with Crippen LogP contribution in [0.15, 0.2) is 0 Å². The molecule has 4 amide bonds. The molecule has 0 aromatic rings. The molecule has 1 fully saturated rings. The molecule has 0 spiro atoms. The summed E-state index contributed by atoms with van der Waals surface area (Å²) >= 11 is 0. The van der Waals surface area contributed by atoms with E-state index in [0.29, 0.717) is 12.8 Å². The van der Waals surface area contributed by atoms with Crippen molar-refractivity contribution in [3.8, 4) is 0 Å². The molecule has 0 aliphatic carbocycles. The van der Waals surface area contributed by atoms with Gasteiger partial charge in [0.1, 0.15) is 19.1 Å². The molecular formula is C11H17N3O5. The first-order valence-corrected chi connectivity index (χ1v) is 5.94. The van der Waals surface area contributed by atoms with E-state index in [4.69, 9.17) is 5.11 Å². The zero-order valence-electron chi connectivity index (χ0n) is 10.9. The van der Waals surface area contributed by atoms with E-state index in [-0.39, 0.29) is 6.54 Å². The molecule has 0 radical (unpaired) electrons. The van der Waals surface area contributed by atoms with Crippen LogP contribution in [0.4, 0.5) is 4.79 Å². The van der Waals surface area contributed by atoms with E-state index in [2.05, 4.69) is 5.32 Å². The van der Waals surface area contributed by atoms with E-state index in [1.165, 1.54) is 11.9 Å². The van der Waals surface area contributed by atoms with Gasteiger partial charge < -0.3 is 15.3 Å². The Morgan fingerprint density at radius 2 is 2.05 bits per heavy atom. The number of urea groups is 1. The number of rotatable bonds is 6. The highest BCUT2D eigenvalue weighted by atomic mass is 16.4. The number of carbonyl (C=O) groups is 4. The molecule has 1 saturated heterocycles.